The average Bonchev–Trinajstić information content (AvgIpc) is 3.73. The van der Waals surface area contributed by atoms with E-state index in [1.807, 2.05) is 61.5 Å². The maximum atomic E-state index is 11.9. The molecule has 2 bridgehead atoms. The lowest BCUT2D eigenvalue weighted by atomic mass is 10.0. The number of amides is 4. The number of thiophene rings is 1. The van der Waals surface area contributed by atoms with Crippen LogP contribution < -0.4 is 26.0 Å². The molecule has 59 heavy (non-hydrogen) atoms. The molecule has 0 spiro atoms. The van der Waals surface area contributed by atoms with Crippen LogP contribution in [0.3, 0.4) is 0 Å². The van der Waals surface area contributed by atoms with Gasteiger partial charge in [-0.2, -0.15) is 0 Å². The van der Waals surface area contributed by atoms with Gasteiger partial charge in [0, 0.05) is 11.3 Å². The number of nitrogens with one attached hydrogen (secondary N) is 4. The topological polar surface area (TPSA) is 200 Å². The number of terminal acetylenes is 1. The molecule has 6 N–H and O–H groups in total. The number of carboxylic acids is 2. The monoisotopic (exact) mass is 820 g/mol. The summed E-state index contributed by atoms with van der Waals surface area (Å²) in [5.74, 6) is -4.18. The number of aromatic carboxylic acids is 1. The third kappa shape index (κ3) is 20.0. The number of aryl methyl sites for hydroxylation is 3. The van der Waals surface area contributed by atoms with E-state index in [0.29, 0.717) is 16.9 Å². The van der Waals surface area contributed by atoms with Crippen molar-refractivity contribution in [1.82, 2.24) is 21.3 Å². The van der Waals surface area contributed by atoms with Gasteiger partial charge in [0.05, 0.1) is 25.2 Å². The first-order chi connectivity index (χ1) is 28.3. The summed E-state index contributed by atoms with van der Waals surface area (Å²) in [6.45, 7) is 4.73. The number of carboxylic acid groups (broad SMARTS) is 2. The number of benzene rings is 4. The maximum absolute atomic E-state index is 11.9. The quantitative estimate of drug-likeness (QED) is 0.105. The van der Waals surface area contributed by atoms with Crippen LogP contribution in [0.1, 0.15) is 31.9 Å². The number of aliphatic carboxylic acids is 1. The number of carbonyl (C=O) groups is 6. The van der Waals surface area contributed by atoms with Crippen molar-refractivity contribution >= 4 is 46.9 Å². The summed E-state index contributed by atoms with van der Waals surface area (Å²) < 4.78 is 5.29. The van der Waals surface area contributed by atoms with Crippen molar-refractivity contribution in [2.75, 3.05) is 26.2 Å². The first-order valence-electron chi connectivity index (χ1n) is 18.1. The number of hydrogen-bond acceptors (Lipinski definition) is 8. The largest absolute Gasteiger partial charge is 0.484 e. The Morgan fingerprint density at radius 3 is 1.58 bits per heavy atom. The molecular weight excluding hydrogens is 773 g/mol. The van der Waals surface area contributed by atoms with E-state index in [-0.39, 0.29) is 19.6 Å². The molecule has 1 aromatic heterocycles. The van der Waals surface area contributed by atoms with Crippen LogP contribution in [0.15, 0.2) is 121 Å². The second-order valence-electron chi connectivity index (χ2n) is 12.6. The molecule has 0 saturated carbocycles. The molecule has 0 aliphatic carbocycles. The molecule has 0 radical (unpaired) electrons. The van der Waals surface area contributed by atoms with Crippen molar-refractivity contribution in [2.45, 2.75) is 33.2 Å². The van der Waals surface area contributed by atoms with Crippen molar-refractivity contribution in [3.63, 3.8) is 0 Å². The molecule has 13 nitrogen and oxygen atoms in total. The first kappa shape index (κ1) is 47.9. The van der Waals surface area contributed by atoms with Crippen LogP contribution in [0.25, 0.3) is 11.1 Å². The summed E-state index contributed by atoms with van der Waals surface area (Å²) >= 11 is 1.78. The van der Waals surface area contributed by atoms with Crippen molar-refractivity contribution < 1.29 is 43.7 Å². The van der Waals surface area contributed by atoms with E-state index < -0.39 is 54.7 Å². The van der Waals surface area contributed by atoms with Gasteiger partial charge in [0.25, 0.3) is 5.91 Å². The molecule has 2 aliphatic rings. The van der Waals surface area contributed by atoms with Crippen molar-refractivity contribution in [1.29, 1.82) is 0 Å². The highest BCUT2D eigenvalue weighted by molar-refractivity contribution is 7.09. The standard InChI is InChI=1S/C17H20N4O7.C14H12O2.C7H8.C5H6S.C2H2/c22-13-6-18-14(23)7-20-16(25)9-28-11-3-1-10(2-4-11)5-12(17(26)27)21-15(24)8-19-13;1-10-2-4-11(5-3-10)12-6-8-13(9-7-12)14(15)16;1-7-5-3-2-4-6-7;1-5-3-2-4-6-5;1-2/h1-4,12H,5-9H2,(H,18,23)(H,19,22)(H,20,25)(H,21,24)(H,26,27);2-9H,1H3,(H,15,16);2-6H,1H3;2-4H,1H3;1-2H/t12-;;;;/m0..../s1. The highest BCUT2D eigenvalue weighted by atomic mass is 32.1. The zero-order valence-corrected chi connectivity index (χ0v) is 33.8. The first-order valence-corrected chi connectivity index (χ1v) is 19.0. The number of fused-ring (bicyclic) bond motifs is 16. The summed E-state index contributed by atoms with van der Waals surface area (Å²) in [5.41, 5.74) is 5.61. The van der Waals surface area contributed by atoms with Crippen LogP contribution in [0.5, 0.6) is 5.75 Å². The Labute approximate surface area is 347 Å². The number of hydrogen-bond donors (Lipinski definition) is 6. The highest BCUT2D eigenvalue weighted by Crippen LogP contribution is 2.20. The summed E-state index contributed by atoms with van der Waals surface area (Å²) in [7, 11) is 0. The lowest BCUT2D eigenvalue weighted by molar-refractivity contribution is -0.141. The molecule has 7 rings (SSSR count). The molecule has 14 heteroatoms. The second-order valence-corrected chi connectivity index (χ2v) is 13.7. The molecule has 4 amide bonds. The van der Waals surface area contributed by atoms with Gasteiger partial charge in [-0.05, 0) is 73.2 Å². The molecular formula is C45H48N4O9S. The van der Waals surface area contributed by atoms with Crippen molar-refractivity contribution in [3.05, 3.63) is 148 Å². The van der Waals surface area contributed by atoms with Gasteiger partial charge in [-0.1, -0.05) is 96.1 Å². The van der Waals surface area contributed by atoms with Crippen LogP contribution in [-0.2, 0) is 30.4 Å². The summed E-state index contributed by atoms with van der Waals surface area (Å²) in [5, 5.41) is 29.4. The molecule has 308 valence electrons. The van der Waals surface area contributed by atoms with Crippen LogP contribution in [0.4, 0.5) is 0 Å². The van der Waals surface area contributed by atoms with E-state index in [4.69, 9.17) is 9.84 Å². The molecule has 0 saturated heterocycles. The fourth-order valence-electron chi connectivity index (χ4n) is 4.71. The van der Waals surface area contributed by atoms with Gasteiger partial charge in [0.1, 0.15) is 11.8 Å². The Balaban J connectivity index is 0.000000319. The number of rotatable bonds is 3. The third-order valence-electron chi connectivity index (χ3n) is 7.83. The zero-order chi connectivity index (χ0) is 43.6. The Morgan fingerprint density at radius 1 is 0.627 bits per heavy atom. The lowest BCUT2D eigenvalue weighted by Crippen LogP contribution is -2.48. The van der Waals surface area contributed by atoms with Crippen LogP contribution in [0, 0.1) is 33.6 Å². The van der Waals surface area contributed by atoms with Crippen molar-refractivity contribution in [3.8, 4) is 29.7 Å². The zero-order valence-electron chi connectivity index (χ0n) is 33.0. The summed E-state index contributed by atoms with van der Waals surface area (Å²) in [6, 6.07) is 34.6. The minimum atomic E-state index is -1.23. The van der Waals surface area contributed by atoms with Gasteiger partial charge >= 0.3 is 11.9 Å². The third-order valence-corrected chi connectivity index (χ3v) is 8.63. The molecule has 0 fully saturated rings. The Morgan fingerprint density at radius 2 is 1.14 bits per heavy atom. The maximum Gasteiger partial charge on any atom is 0.335 e. The number of carbonyl (C=O) groups excluding carboxylic acids is 4. The Bertz CT molecular complexity index is 2090. The van der Waals surface area contributed by atoms with E-state index in [1.165, 1.54) is 16.0 Å². The van der Waals surface area contributed by atoms with Gasteiger partial charge in [0.15, 0.2) is 6.61 Å². The van der Waals surface area contributed by atoms with E-state index in [0.717, 1.165) is 11.1 Å². The lowest BCUT2D eigenvalue weighted by Gasteiger charge is -2.15. The molecule has 2 aliphatic heterocycles. The smallest absolute Gasteiger partial charge is 0.335 e. The summed E-state index contributed by atoms with van der Waals surface area (Å²) in [6.07, 6.45) is 8.02. The molecule has 3 heterocycles. The van der Waals surface area contributed by atoms with Gasteiger partial charge < -0.3 is 36.2 Å². The number of ether oxygens (including phenoxy) is 1. The predicted octanol–water partition coefficient (Wildman–Crippen LogP) is 5.20. The minimum absolute atomic E-state index is 0.0197. The molecule has 0 unspecified atom stereocenters. The Hall–Kier alpha value is -7.24. The van der Waals surface area contributed by atoms with Gasteiger partial charge in [-0.3, -0.25) is 19.2 Å². The van der Waals surface area contributed by atoms with E-state index in [1.54, 1.807) is 47.7 Å². The predicted molar refractivity (Wildman–Crippen MR) is 228 cm³/mol. The van der Waals surface area contributed by atoms with Gasteiger partial charge in [-0.25, -0.2) is 9.59 Å². The fourth-order valence-corrected chi connectivity index (χ4v) is 5.24. The van der Waals surface area contributed by atoms with E-state index in [2.05, 4.69) is 77.6 Å². The highest BCUT2D eigenvalue weighted by Gasteiger charge is 2.21. The SMILES string of the molecule is C#C.Cc1ccc(-c2ccc(C(=O)O)cc2)cc1.Cc1ccccc1.Cc1cccs1.O=C1CNC(=O)COc2ccc(cc2)C[C@@H](C(=O)O)NC(=O)CNC(=O)CN1. The average molecular weight is 821 g/mol. The van der Waals surface area contributed by atoms with Crippen molar-refractivity contribution in [2.24, 2.45) is 0 Å². The van der Waals surface area contributed by atoms with E-state index >= 15 is 0 Å². The molecule has 5 aromatic rings. The second kappa shape index (κ2) is 26.6. The molecule has 4 aromatic carbocycles. The van der Waals surface area contributed by atoms with Gasteiger partial charge in [-0.15, -0.1) is 24.2 Å². The normalized spacial score (nSPS) is 14.0. The fraction of sp³-hybridized carbons (Fsp3) is 0.200. The van der Waals surface area contributed by atoms with Crippen LogP contribution in [0.2, 0.25) is 0 Å². The van der Waals surface area contributed by atoms with Crippen LogP contribution in [-0.4, -0.2) is 78.1 Å². The van der Waals surface area contributed by atoms with Crippen LogP contribution >= 0.6 is 11.3 Å². The Kier molecular flexibility index (Phi) is 21.6. The van der Waals surface area contributed by atoms with Gasteiger partial charge in [0.2, 0.25) is 17.7 Å². The molecule has 1 atom stereocenters. The summed E-state index contributed by atoms with van der Waals surface area (Å²) in [4.78, 5) is 70.3. The van der Waals surface area contributed by atoms with E-state index in [9.17, 15) is 33.9 Å². The minimum Gasteiger partial charge on any atom is -0.484 e.